The van der Waals surface area contributed by atoms with Crippen molar-refractivity contribution >= 4 is 5.96 Å². The van der Waals surface area contributed by atoms with Gasteiger partial charge in [0, 0.05) is 33.2 Å². The maximum atomic E-state index is 5.95. The lowest BCUT2D eigenvalue weighted by Crippen LogP contribution is -2.46. The molecule has 164 valence electrons. The number of nitrogens with one attached hydrogen (secondary N) is 2. The van der Waals surface area contributed by atoms with E-state index < -0.39 is 0 Å². The van der Waals surface area contributed by atoms with Gasteiger partial charge in [-0.05, 0) is 63.9 Å². The van der Waals surface area contributed by atoms with E-state index in [1.165, 1.54) is 32.5 Å². The SMILES string of the molecule is CN=C(NCCCN1CCC(C)CC1)NCC(c1ccc(C)o1)N1CCOCC1. The number of rotatable bonds is 8. The number of hydrogen-bond donors (Lipinski definition) is 2. The first-order valence-electron chi connectivity index (χ1n) is 11.2. The molecule has 3 heterocycles. The van der Waals surface area contributed by atoms with Crippen LogP contribution in [0.4, 0.5) is 0 Å². The summed E-state index contributed by atoms with van der Waals surface area (Å²) >= 11 is 0. The Morgan fingerprint density at radius 3 is 2.59 bits per heavy atom. The number of piperidine rings is 1. The van der Waals surface area contributed by atoms with Gasteiger partial charge in [0.2, 0.25) is 0 Å². The standard InChI is InChI=1S/C22H39N5O2/c1-18-7-11-26(12-8-18)10-4-9-24-22(23-3)25-17-20(21-6-5-19(2)29-21)27-13-15-28-16-14-27/h5-6,18,20H,4,7-17H2,1-3H3,(H2,23,24,25). The molecule has 0 amide bonds. The molecule has 0 aromatic carbocycles. The van der Waals surface area contributed by atoms with E-state index in [1.807, 2.05) is 20.0 Å². The maximum absolute atomic E-state index is 5.95. The molecular weight excluding hydrogens is 366 g/mol. The van der Waals surface area contributed by atoms with Crippen LogP contribution in [0.15, 0.2) is 21.5 Å². The third-order valence-electron chi connectivity index (χ3n) is 6.08. The summed E-state index contributed by atoms with van der Waals surface area (Å²) in [6.45, 7) is 13.1. The minimum absolute atomic E-state index is 0.182. The lowest BCUT2D eigenvalue weighted by molar-refractivity contribution is 0.0124. The van der Waals surface area contributed by atoms with Crippen LogP contribution in [-0.2, 0) is 4.74 Å². The van der Waals surface area contributed by atoms with Gasteiger partial charge in [-0.25, -0.2) is 0 Å². The Hall–Kier alpha value is -1.57. The summed E-state index contributed by atoms with van der Waals surface area (Å²) in [4.78, 5) is 9.42. The van der Waals surface area contributed by atoms with Crippen LogP contribution in [0.2, 0.25) is 0 Å². The van der Waals surface area contributed by atoms with Crippen molar-refractivity contribution in [1.29, 1.82) is 0 Å². The summed E-state index contributed by atoms with van der Waals surface area (Å²) in [5.74, 6) is 3.71. The number of morpholine rings is 1. The number of furan rings is 1. The number of aryl methyl sites for hydroxylation is 1. The van der Waals surface area contributed by atoms with Crippen molar-refractivity contribution in [3.8, 4) is 0 Å². The van der Waals surface area contributed by atoms with Crippen LogP contribution in [0.3, 0.4) is 0 Å². The molecule has 1 atom stereocenters. The fourth-order valence-electron chi connectivity index (χ4n) is 4.14. The highest BCUT2D eigenvalue weighted by Crippen LogP contribution is 2.23. The summed E-state index contributed by atoms with van der Waals surface area (Å²) in [6, 6.07) is 4.31. The topological polar surface area (TPSA) is 65.3 Å². The summed E-state index contributed by atoms with van der Waals surface area (Å²) in [5, 5.41) is 6.97. The zero-order chi connectivity index (χ0) is 20.5. The first kappa shape index (κ1) is 22.1. The Kier molecular flexibility index (Phi) is 8.83. The van der Waals surface area contributed by atoms with Gasteiger partial charge in [-0.1, -0.05) is 6.92 Å². The van der Waals surface area contributed by atoms with Crippen molar-refractivity contribution in [3.05, 3.63) is 23.7 Å². The number of ether oxygens (including phenoxy) is 1. The Balaban J connectivity index is 1.43. The third kappa shape index (κ3) is 7.01. The molecule has 2 N–H and O–H groups in total. The van der Waals surface area contributed by atoms with Crippen molar-refractivity contribution in [1.82, 2.24) is 20.4 Å². The first-order valence-corrected chi connectivity index (χ1v) is 11.2. The highest BCUT2D eigenvalue weighted by atomic mass is 16.5. The van der Waals surface area contributed by atoms with Crippen molar-refractivity contribution in [2.45, 2.75) is 39.2 Å². The van der Waals surface area contributed by atoms with E-state index in [0.29, 0.717) is 0 Å². The van der Waals surface area contributed by atoms with Crippen LogP contribution in [0.5, 0.6) is 0 Å². The van der Waals surface area contributed by atoms with Crippen LogP contribution < -0.4 is 10.6 Å². The lowest BCUT2D eigenvalue weighted by atomic mass is 9.99. The molecule has 29 heavy (non-hydrogen) atoms. The fraction of sp³-hybridized carbons (Fsp3) is 0.773. The Morgan fingerprint density at radius 1 is 1.17 bits per heavy atom. The van der Waals surface area contributed by atoms with Crippen molar-refractivity contribution in [3.63, 3.8) is 0 Å². The molecule has 1 aromatic heterocycles. The molecule has 2 fully saturated rings. The molecule has 2 aliphatic rings. The van der Waals surface area contributed by atoms with Crippen LogP contribution in [-0.4, -0.2) is 81.8 Å². The second-order valence-corrected chi connectivity index (χ2v) is 8.37. The van der Waals surface area contributed by atoms with Crippen molar-refractivity contribution < 1.29 is 9.15 Å². The van der Waals surface area contributed by atoms with Crippen LogP contribution >= 0.6 is 0 Å². The zero-order valence-corrected chi connectivity index (χ0v) is 18.5. The molecular formula is C22H39N5O2. The van der Waals surface area contributed by atoms with Crippen LogP contribution in [0.25, 0.3) is 0 Å². The molecule has 2 aliphatic heterocycles. The van der Waals surface area contributed by atoms with Gasteiger partial charge in [0.05, 0.1) is 19.3 Å². The van der Waals surface area contributed by atoms with E-state index in [1.54, 1.807) is 0 Å². The molecule has 0 saturated carbocycles. The molecule has 1 aromatic rings. The third-order valence-corrected chi connectivity index (χ3v) is 6.08. The molecule has 2 saturated heterocycles. The van der Waals surface area contributed by atoms with Gasteiger partial charge in [0.15, 0.2) is 5.96 Å². The van der Waals surface area contributed by atoms with E-state index >= 15 is 0 Å². The highest BCUT2D eigenvalue weighted by Gasteiger charge is 2.25. The second kappa shape index (κ2) is 11.6. The lowest BCUT2D eigenvalue weighted by Gasteiger charge is -2.33. The molecule has 7 nitrogen and oxygen atoms in total. The van der Waals surface area contributed by atoms with Crippen LogP contribution in [0, 0.1) is 12.8 Å². The van der Waals surface area contributed by atoms with Crippen molar-refractivity contribution in [2.24, 2.45) is 10.9 Å². The van der Waals surface area contributed by atoms with Gasteiger partial charge < -0.3 is 24.7 Å². The normalized spacial score (nSPS) is 21.3. The van der Waals surface area contributed by atoms with Gasteiger partial charge >= 0.3 is 0 Å². The highest BCUT2D eigenvalue weighted by molar-refractivity contribution is 5.79. The predicted octanol–water partition coefficient (Wildman–Crippen LogP) is 2.25. The van der Waals surface area contributed by atoms with E-state index in [2.05, 4.69) is 38.4 Å². The average molecular weight is 406 g/mol. The van der Waals surface area contributed by atoms with E-state index in [9.17, 15) is 0 Å². The fourth-order valence-corrected chi connectivity index (χ4v) is 4.14. The number of hydrogen-bond acceptors (Lipinski definition) is 5. The van der Waals surface area contributed by atoms with Gasteiger partial charge in [0.25, 0.3) is 0 Å². The summed E-state index contributed by atoms with van der Waals surface area (Å²) < 4.78 is 11.5. The largest absolute Gasteiger partial charge is 0.465 e. The molecule has 0 aliphatic carbocycles. The predicted molar refractivity (Wildman–Crippen MR) is 117 cm³/mol. The van der Waals surface area contributed by atoms with Gasteiger partial charge in [0.1, 0.15) is 11.5 Å². The average Bonchev–Trinajstić information content (AvgIpc) is 3.17. The number of aliphatic imine (C=N–C) groups is 1. The van der Waals surface area contributed by atoms with E-state index in [4.69, 9.17) is 9.15 Å². The maximum Gasteiger partial charge on any atom is 0.191 e. The quantitative estimate of drug-likeness (QED) is 0.393. The Bertz CT molecular complexity index is 618. The summed E-state index contributed by atoms with van der Waals surface area (Å²) in [5.41, 5.74) is 0. The summed E-state index contributed by atoms with van der Waals surface area (Å²) in [6.07, 6.45) is 3.82. The number of likely N-dealkylation sites (tertiary alicyclic amines) is 1. The molecule has 1 unspecified atom stereocenters. The molecule has 7 heteroatoms. The van der Waals surface area contributed by atoms with Gasteiger partial charge in [-0.15, -0.1) is 0 Å². The van der Waals surface area contributed by atoms with E-state index in [0.717, 1.165) is 69.2 Å². The Labute approximate surface area is 175 Å². The minimum Gasteiger partial charge on any atom is -0.465 e. The number of nitrogens with zero attached hydrogens (tertiary/aromatic N) is 3. The molecule has 0 bridgehead atoms. The second-order valence-electron chi connectivity index (χ2n) is 8.37. The van der Waals surface area contributed by atoms with Gasteiger partial charge in [-0.3, -0.25) is 9.89 Å². The monoisotopic (exact) mass is 405 g/mol. The Morgan fingerprint density at radius 2 is 1.93 bits per heavy atom. The smallest absolute Gasteiger partial charge is 0.191 e. The number of guanidine groups is 1. The van der Waals surface area contributed by atoms with Crippen LogP contribution in [0.1, 0.15) is 43.7 Å². The first-order chi connectivity index (χ1) is 14.2. The molecule has 0 spiro atoms. The zero-order valence-electron chi connectivity index (χ0n) is 18.5. The molecule has 0 radical (unpaired) electrons. The van der Waals surface area contributed by atoms with E-state index in [-0.39, 0.29) is 6.04 Å². The van der Waals surface area contributed by atoms with Crippen molar-refractivity contribution in [2.75, 3.05) is 66.1 Å². The van der Waals surface area contributed by atoms with Gasteiger partial charge in [-0.2, -0.15) is 0 Å². The summed E-state index contributed by atoms with van der Waals surface area (Å²) in [7, 11) is 1.84. The molecule has 3 rings (SSSR count). The minimum atomic E-state index is 0.182.